The summed E-state index contributed by atoms with van der Waals surface area (Å²) in [5.74, 6) is 1.01. The Balaban J connectivity index is 2.19. The van der Waals surface area contributed by atoms with Crippen molar-refractivity contribution in [2.75, 3.05) is 12.5 Å². The lowest BCUT2D eigenvalue weighted by molar-refractivity contribution is -0.144. The Hall–Kier alpha value is -0.240. The van der Waals surface area contributed by atoms with Gasteiger partial charge in [-0.05, 0) is 19.3 Å². The number of ether oxygens (including phenoxy) is 1. The van der Waals surface area contributed by atoms with Gasteiger partial charge in [0, 0.05) is 5.88 Å². The molecule has 2 atom stereocenters. The number of esters is 1. The number of hydrogen-bond acceptors (Lipinski definition) is 2. The maximum atomic E-state index is 10.9. The summed E-state index contributed by atoms with van der Waals surface area (Å²) in [6.07, 6.45) is 0.919. The van der Waals surface area contributed by atoms with Crippen LogP contribution in [0.2, 0.25) is 0 Å². The maximum Gasteiger partial charge on any atom is 0.309 e. The largest absolute Gasteiger partial charge is 0.466 e. The van der Waals surface area contributed by atoms with E-state index in [0.717, 1.165) is 6.42 Å². The van der Waals surface area contributed by atoms with E-state index in [-0.39, 0.29) is 11.9 Å². The molecule has 0 saturated heterocycles. The Labute approximate surface area is 65.5 Å². The third-order valence-corrected chi connectivity index (χ3v) is 2.11. The molecule has 0 radical (unpaired) electrons. The summed E-state index contributed by atoms with van der Waals surface area (Å²) >= 11 is 5.53. The van der Waals surface area contributed by atoms with Crippen molar-refractivity contribution in [3.8, 4) is 0 Å². The zero-order valence-electron chi connectivity index (χ0n) is 5.97. The molecule has 0 aliphatic heterocycles. The van der Waals surface area contributed by atoms with Gasteiger partial charge in [-0.3, -0.25) is 4.79 Å². The Kier molecular flexibility index (Phi) is 2.55. The van der Waals surface area contributed by atoms with E-state index in [1.165, 1.54) is 0 Å². The molecule has 0 aromatic rings. The number of rotatable bonds is 3. The highest BCUT2D eigenvalue weighted by molar-refractivity contribution is 6.18. The van der Waals surface area contributed by atoms with Crippen molar-refractivity contribution < 1.29 is 9.53 Å². The summed E-state index contributed by atoms with van der Waals surface area (Å²) in [5.41, 5.74) is 0. The number of carbonyl (C=O) groups is 1. The van der Waals surface area contributed by atoms with E-state index in [0.29, 0.717) is 18.4 Å². The second-order valence-corrected chi connectivity index (χ2v) is 2.82. The molecular weight excluding hydrogens is 152 g/mol. The Morgan fingerprint density at radius 3 is 2.90 bits per heavy atom. The molecular formula is C7H11ClO2. The van der Waals surface area contributed by atoms with Gasteiger partial charge in [-0.25, -0.2) is 0 Å². The van der Waals surface area contributed by atoms with Gasteiger partial charge in [-0.1, -0.05) is 0 Å². The van der Waals surface area contributed by atoms with Crippen molar-refractivity contribution in [2.45, 2.75) is 13.3 Å². The highest BCUT2D eigenvalue weighted by Gasteiger charge is 2.43. The van der Waals surface area contributed by atoms with Crippen LogP contribution in [0.15, 0.2) is 0 Å². The molecule has 1 fully saturated rings. The standard InChI is InChI=1S/C7H11ClO2/c1-2-10-7(9)6-3-5(6)4-8/h5-6H,2-4H2,1H3. The van der Waals surface area contributed by atoms with E-state index < -0.39 is 0 Å². The van der Waals surface area contributed by atoms with Crippen LogP contribution in [0.25, 0.3) is 0 Å². The fourth-order valence-electron chi connectivity index (χ4n) is 0.956. The van der Waals surface area contributed by atoms with Gasteiger partial charge < -0.3 is 4.74 Å². The van der Waals surface area contributed by atoms with E-state index in [9.17, 15) is 4.79 Å². The number of carbonyl (C=O) groups excluding carboxylic acids is 1. The lowest BCUT2D eigenvalue weighted by atomic mass is 10.3. The molecule has 0 spiro atoms. The Morgan fingerprint density at radius 1 is 1.80 bits per heavy atom. The summed E-state index contributed by atoms with van der Waals surface area (Å²) in [4.78, 5) is 10.9. The summed E-state index contributed by atoms with van der Waals surface area (Å²) in [6.45, 7) is 2.29. The van der Waals surface area contributed by atoms with Crippen molar-refractivity contribution >= 4 is 17.6 Å². The zero-order valence-corrected chi connectivity index (χ0v) is 6.73. The first-order chi connectivity index (χ1) is 4.79. The van der Waals surface area contributed by atoms with Gasteiger partial charge >= 0.3 is 5.97 Å². The normalized spacial score (nSPS) is 29.8. The highest BCUT2D eigenvalue weighted by atomic mass is 35.5. The van der Waals surface area contributed by atoms with Gasteiger partial charge in [0.15, 0.2) is 0 Å². The molecule has 0 bridgehead atoms. The molecule has 1 saturated carbocycles. The molecule has 0 heterocycles. The number of hydrogen-bond donors (Lipinski definition) is 0. The lowest BCUT2D eigenvalue weighted by Crippen LogP contribution is -2.07. The molecule has 3 heteroatoms. The van der Waals surface area contributed by atoms with Crippen LogP contribution in [0.1, 0.15) is 13.3 Å². The zero-order chi connectivity index (χ0) is 7.56. The Morgan fingerprint density at radius 2 is 2.50 bits per heavy atom. The average molecular weight is 163 g/mol. The third kappa shape index (κ3) is 1.63. The van der Waals surface area contributed by atoms with Crippen LogP contribution in [0, 0.1) is 11.8 Å². The summed E-state index contributed by atoms with van der Waals surface area (Å²) < 4.78 is 4.80. The van der Waals surface area contributed by atoms with E-state index in [4.69, 9.17) is 16.3 Å². The number of halogens is 1. The molecule has 1 aliphatic rings. The topological polar surface area (TPSA) is 26.3 Å². The van der Waals surface area contributed by atoms with Crippen LogP contribution in [0.5, 0.6) is 0 Å². The van der Waals surface area contributed by atoms with Gasteiger partial charge in [-0.2, -0.15) is 0 Å². The van der Waals surface area contributed by atoms with Crippen LogP contribution >= 0.6 is 11.6 Å². The summed E-state index contributed by atoms with van der Waals surface area (Å²) in [5, 5.41) is 0. The van der Waals surface area contributed by atoms with Crippen molar-refractivity contribution in [3.63, 3.8) is 0 Å². The average Bonchev–Trinajstić information content (AvgIpc) is 2.66. The fourth-order valence-corrected chi connectivity index (χ4v) is 1.30. The first-order valence-electron chi connectivity index (χ1n) is 3.52. The molecule has 2 nitrogen and oxygen atoms in total. The number of alkyl halides is 1. The van der Waals surface area contributed by atoms with Crippen molar-refractivity contribution in [1.82, 2.24) is 0 Å². The van der Waals surface area contributed by atoms with Crippen molar-refractivity contribution in [3.05, 3.63) is 0 Å². The van der Waals surface area contributed by atoms with Crippen LogP contribution in [-0.4, -0.2) is 18.5 Å². The highest BCUT2D eigenvalue weighted by Crippen LogP contribution is 2.40. The maximum absolute atomic E-state index is 10.9. The monoisotopic (exact) mass is 162 g/mol. The molecule has 2 unspecified atom stereocenters. The minimum atomic E-state index is -0.0758. The van der Waals surface area contributed by atoms with Crippen LogP contribution in [0.3, 0.4) is 0 Å². The summed E-state index contributed by atoms with van der Waals surface area (Å²) in [7, 11) is 0. The predicted octanol–water partition coefficient (Wildman–Crippen LogP) is 1.42. The van der Waals surface area contributed by atoms with Crippen LogP contribution in [0.4, 0.5) is 0 Å². The quantitative estimate of drug-likeness (QED) is 0.464. The third-order valence-electron chi connectivity index (χ3n) is 1.71. The van der Waals surface area contributed by atoms with E-state index in [2.05, 4.69) is 0 Å². The van der Waals surface area contributed by atoms with Gasteiger partial charge in [0.05, 0.1) is 12.5 Å². The van der Waals surface area contributed by atoms with Gasteiger partial charge in [-0.15, -0.1) is 11.6 Å². The second kappa shape index (κ2) is 3.24. The first-order valence-corrected chi connectivity index (χ1v) is 4.05. The molecule has 58 valence electrons. The smallest absolute Gasteiger partial charge is 0.309 e. The molecule has 10 heavy (non-hydrogen) atoms. The van der Waals surface area contributed by atoms with Gasteiger partial charge in [0.1, 0.15) is 0 Å². The van der Waals surface area contributed by atoms with Crippen molar-refractivity contribution in [2.24, 2.45) is 11.8 Å². The molecule has 1 rings (SSSR count). The molecule has 0 amide bonds. The minimum Gasteiger partial charge on any atom is -0.466 e. The molecule has 0 aromatic carbocycles. The lowest BCUT2D eigenvalue weighted by Gasteiger charge is -1.97. The predicted molar refractivity (Wildman–Crippen MR) is 39.0 cm³/mol. The molecule has 0 aromatic heterocycles. The Bertz CT molecular complexity index is 136. The SMILES string of the molecule is CCOC(=O)C1CC1CCl. The van der Waals surface area contributed by atoms with Crippen molar-refractivity contribution in [1.29, 1.82) is 0 Å². The first kappa shape index (κ1) is 7.86. The fraction of sp³-hybridized carbons (Fsp3) is 0.857. The molecule has 0 N–H and O–H groups in total. The molecule has 1 aliphatic carbocycles. The minimum absolute atomic E-state index is 0.0758. The summed E-state index contributed by atoms with van der Waals surface area (Å²) in [6, 6.07) is 0. The van der Waals surface area contributed by atoms with Gasteiger partial charge in [0.2, 0.25) is 0 Å². The van der Waals surface area contributed by atoms with E-state index in [1.54, 1.807) is 0 Å². The van der Waals surface area contributed by atoms with E-state index >= 15 is 0 Å². The second-order valence-electron chi connectivity index (χ2n) is 2.51. The van der Waals surface area contributed by atoms with Crippen LogP contribution in [-0.2, 0) is 9.53 Å². The van der Waals surface area contributed by atoms with E-state index in [1.807, 2.05) is 6.92 Å². The van der Waals surface area contributed by atoms with Crippen LogP contribution < -0.4 is 0 Å². The van der Waals surface area contributed by atoms with Gasteiger partial charge in [0.25, 0.3) is 0 Å².